The summed E-state index contributed by atoms with van der Waals surface area (Å²) in [5, 5.41) is 28.3. The van der Waals surface area contributed by atoms with Crippen LogP contribution in [0.2, 0.25) is 0 Å². The zero-order valence-corrected chi connectivity index (χ0v) is 18.2. The number of amides is 1. The minimum absolute atomic E-state index is 0.143. The molecule has 1 saturated heterocycles. The molecule has 1 amide bonds. The fraction of sp³-hybridized carbons (Fsp3) is 0.619. The van der Waals surface area contributed by atoms with Gasteiger partial charge in [0.1, 0.15) is 42.4 Å². The van der Waals surface area contributed by atoms with Crippen LogP contribution in [0.15, 0.2) is 18.5 Å². The first-order chi connectivity index (χ1) is 14.7. The summed E-state index contributed by atoms with van der Waals surface area (Å²) in [7, 11) is 0. The number of carbonyl (C=O) groups is 2. The standard InChI is InChI=1S/C21H30N4O6/c1-5-6-7-16(26)24-19-13-8-9-15(25(13)23-11-22-19)21(4)18(28)17(27)14(31-21)10-30-20(29)12(2)3/h8-9,11-12,14,17-18,27-28H,5-7,10H2,1-4H3,(H,22,23,24,26)/t14-,17-,18-,21+/m1/s1. The third-order valence-electron chi connectivity index (χ3n) is 5.50. The van der Waals surface area contributed by atoms with E-state index in [1.807, 2.05) is 6.92 Å². The molecule has 3 rings (SSSR count). The van der Waals surface area contributed by atoms with Crippen molar-refractivity contribution >= 4 is 23.2 Å². The van der Waals surface area contributed by atoms with Crippen molar-refractivity contribution in [2.24, 2.45) is 5.92 Å². The molecule has 170 valence electrons. The van der Waals surface area contributed by atoms with Crippen molar-refractivity contribution < 1.29 is 29.3 Å². The van der Waals surface area contributed by atoms with Crippen LogP contribution in [-0.4, -0.2) is 61.6 Å². The summed E-state index contributed by atoms with van der Waals surface area (Å²) in [6, 6.07) is 3.41. The van der Waals surface area contributed by atoms with E-state index in [2.05, 4.69) is 15.4 Å². The summed E-state index contributed by atoms with van der Waals surface area (Å²) in [6.07, 6.45) is -0.0683. The van der Waals surface area contributed by atoms with Gasteiger partial charge >= 0.3 is 5.97 Å². The Hall–Kier alpha value is -2.56. The Morgan fingerprint density at radius 1 is 1.35 bits per heavy atom. The first-order valence-corrected chi connectivity index (χ1v) is 10.5. The molecule has 1 aliphatic rings. The van der Waals surface area contributed by atoms with Gasteiger partial charge in [-0.1, -0.05) is 27.2 Å². The molecule has 0 aromatic carbocycles. The number of rotatable bonds is 8. The van der Waals surface area contributed by atoms with Gasteiger partial charge in [-0.05, 0) is 25.5 Å². The normalized spacial score (nSPS) is 25.8. The predicted octanol–water partition coefficient (Wildman–Crippen LogP) is 1.39. The summed E-state index contributed by atoms with van der Waals surface area (Å²) in [6.45, 7) is 6.88. The van der Waals surface area contributed by atoms with Crippen molar-refractivity contribution in [3.8, 4) is 0 Å². The van der Waals surface area contributed by atoms with Gasteiger partial charge in [0.25, 0.3) is 0 Å². The molecule has 0 radical (unpaired) electrons. The Morgan fingerprint density at radius 3 is 2.77 bits per heavy atom. The van der Waals surface area contributed by atoms with E-state index in [0.717, 1.165) is 12.8 Å². The first-order valence-electron chi connectivity index (χ1n) is 10.5. The van der Waals surface area contributed by atoms with E-state index in [-0.39, 0.29) is 18.4 Å². The van der Waals surface area contributed by atoms with Crippen molar-refractivity contribution in [1.29, 1.82) is 0 Å². The molecule has 0 bridgehead atoms. The lowest BCUT2D eigenvalue weighted by Crippen LogP contribution is -2.39. The largest absolute Gasteiger partial charge is 0.463 e. The molecule has 0 aliphatic carbocycles. The van der Waals surface area contributed by atoms with Crippen LogP contribution in [-0.2, 0) is 24.7 Å². The number of hydrogen-bond donors (Lipinski definition) is 3. The Kier molecular flexibility index (Phi) is 6.93. The number of carbonyl (C=O) groups excluding carboxylic acids is 2. The number of esters is 1. The third kappa shape index (κ3) is 4.56. The number of hydrogen-bond acceptors (Lipinski definition) is 8. The van der Waals surface area contributed by atoms with Crippen LogP contribution in [0.1, 0.15) is 52.7 Å². The number of ether oxygens (including phenoxy) is 2. The maximum atomic E-state index is 12.1. The Bertz CT molecular complexity index is 945. The molecule has 10 heteroatoms. The summed E-state index contributed by atoms with van der Waals surface area (Å²) >= 11 is 0. The molecule has 2 aromatic rings. The highest BCUT2D eigenvalue weighted by Gasteiger charge is 2.54. The number of nitrogens with zero attached hydrogens (tertiary/aromatic N) is 3. The zero-order chi connectivity index (χ0) is 22.8. The molecule has 3 N–H and O–H groups in total. The lowest BCUT2D eigenvalue weighted by molar-refractivity contribution is -0.155. The number of aliphatic hydroxyl groups excluding tert-OH is 2. The number of aromatic nitrogens is 3. The topological polar surface area (TPSA) is 135 Å². The average Bonchev–Trinajstić information content (AvgIpc) is 3.27. The van der Waals surface area contributed by atoms with E-state index in [1.54, 1.807) is 32.9 Å². The Balaban J connectivity index is 1.84. The predicted molar refractivity (Wildman–Crippen MR) is 111 cm³/mol. The summed E-state index contributed by atoms with van der Waals surface area (Å²) in [5.41, 5.74) is -0.319. The van der Waals surface area contributed by atoms with E-state index in [0.29, 0.717) is 23.4 Å². The van der Waals surface area contributed by atoms with Crippen LogP contribution < -0.4 is 5.32 Å². The highest BCUT2D eigenvalue weighted by Crippen LogP contribution is 2.40. The van der Waals surface area contributed by atoms with E-state index in [1.165, 1.54) is 10.8 Å². The van der Waals surface area contributed by atoms with Crippen molar-refractivity contribution in [3.63, 3.8) is 0 Å². The van der Waals surface area contributed by atoms with E-state index in [9.17, 15) is 19.8 Å². The Labute approximate surface area is 180 Å². The van der Waals surface area contributed by atoms with Gasteiger partial charge in [-0.15, -0.1) is 0 Å². The number of aliphatic hydroxyl groups is 2. The molecule has 1 fully saturated rings. The molecule has 4 atom stereocenters. The number of nitrogens with one attached hydrogen (secondary N) is 1. The molecule has 31 heavy (non-hydrogen) atoms. The lowest BCUT2D eigenvalue weighted by atomic mass is 9.93. The maximum absolute atomic E-state index is 12.1. The molecule has 2 aromatic heterocycles. The molecule has 3 heterocycles. The van der Waals surface area contributed by atoms with Crippen molar-refractivity contribution in [2.45, 2.75) is 70.9 Å². The third-order valence-corrected chi connectivity index (χ3v) is 5.50. The van der Waals surface area contributed by atoms with Crippen LogP contribution in [0.25, 0.3) is 5.52 Å². The molecule has 0 spiro atoms. The van der Waals surface area contributed by atoms with Gasteiger partial charge in [-0.25, -0.2) is 9.50 Å². The first kappa shape index (κ1) is 23.1. The van der Waals surface area contributed by atoms with Gasteiger partial charge in [-0.2, -0.15) is 5.10 Å². The smallest absolute Gasteiger partial charge is 0.308 e. The molecule has 0 saturated carbocycles. The van der Waals surface area contributed by atoms with Crippen LogP contribution in [0, 0.1) is 5.92 Å². The molecule has 1 aliphatic heterocycles. The van der Waals surface area contributed by atoms with Crippen LogP contribution in [0.5, 0.6) is 0 Å². The summed E-state index contributed by atoms with van der Waals surface area (Å²) in [5.74, 6) is -0.521. The fourth-order valence-electron chi connectivity index (χ4n) is 3.60. The average molecular weight is 434 g/mol. The van der Waals surface area contributed by atoms with E-state index < -0.39 is 29.9 Å². The van der Waals surface area contributed by atoms with Gasteiger partial charge in [0.15, 0.2) is 5.82 Å². The fourth-order valence-corrected chi connectivity index (χ4v) is 3.60. The van der Waals surface area contributed by atoms with Crippen molar-refractivity contribution in [1.82, 2.24) is 14.6 Å². The highest BCUT2D eigenvalue weighted by atomic mass is 16.6. The number of anilines is 1. The molecule has 0 unspecified atom stereocenters. The molecular formula is C21H30N4O6. The monoisotopic (exact) mass is 434 g/mol. The number of unbranched alkanes of at least 4 members (excludes halogenated alkanes) is 1. The minimum Gasteiger partial charge on any atom is -0.463 e. The second kappa shape index (κ2) is 9.29. The van der Waals surface area contributed by atoms with Crippen LogP contribution >= 0.6 is 0 Å². The SMILES string of the molecule is CCCCC(=O)Nc1ncnn2c([C@]3(C)O[C@H](COC(=O)C(C)C)[C@@H](O)[C@H]3O)ccc12. The van der Waals surface area contributed by atoms with E-state index in [4.69, 9.17) is 9.47 Å². The van der Waals surface area contributed by atoms with Crippen LogP contribution in [0.3, 0.4) is 0 Å². The zero-order valence-electron chi connectivity index (χ0n) is 18.2. The summed E-state index contributed by atoms with van der Waals surface area (Å²) in [4.78, 5) is 28.1. The quantitative estimate of drug-likeness (QED) is 0.531. The van der Waals surface area contributed by atoms with Gasteiger partial charge in [0, 0.05) is 6.42 Å². The molecular weight excluding hydrogens is 404 g/mol. The van der Waals surface area contributed by atoms with Crippen molar-refractivity contribution in [3.05, 3.63) is 24.2 Å². The van der Waals surface area contributed by atoms with Gasteiger partial charge < -0.3 is 25.0 Å². The second-order valence-electron chi connectivity index (χ2n) is 8.26. The van der Waals surface area contributed by atoms with E-state index >= 15 is 0 Å². The van der Waals surface area contributed by atoms with Gasteiger partial charge in [0.05, 0.1) is 11.6 Å². The van der Waals surface area contributed by atoms with Gasteiger partial charge in [0.2, 0.25) is 5.91 Å². The summed E-state index contributed by atoms with van der Waals surface area (Å²) < 4.78 is 12.7. The number of fused-ring (bicyclic) bond motifs is 1. The minimum atomic E-state index is -1.32. The van der Waals surface area contributed by atoms with Crippen molar-refractivity contribution in [2.75, 3.05) is 11.9 Å². The second-order valence-corrected chi connectivity index (χ2v) is 8.26. The maximum Gasteiger partial charge on any atom is 0.308 e. The highest BCUT2D eigenvalue weighted by molar-refractivity contribution is 5.93. The lowest BCUT2D eigenvalue weighted by Gasteiger charge is -2.27. The van der Waals surface area contributed by atoms with Gasteiger partial charge in [-0.3, -0.25) is 9.59 Å². The molecule has 10 nitrogen and oxygen atoms in total. The Morgan fingerprint density at radius 2 is 2.10 bits per heavy atom. The van der Waals surface area contributed by atoms with Crippen LogP contribution in [0.4, 0.5) is 5.82 Å².